The van der Waals surface area contributed by atoms with Crippen LogP contribution in [0.4, 0.5) is 0 Å². The summed E-state index contributed by atoms with van der Waals surface area (Å²) in [7, 11) is 0. The van der Waals surface area contributed by atoms with Crippen molar-refractivity contribution in [3.63, 3.8) is 0 Å². The number of amides is 1. The van der Waals surface area contributed by atoms with Gasteiger partial charge in [-0.1, -0.05) is 0 Å². The van der Waals surface area contributed by atoms with Crippen molar-refractivity contribution in [2.45, 2.75) is 12.8 Å². The molecule has 0 heterocycles. The highest BCUT2D eigenvalue weighted by atomic mass is 16.4. The Balaban J connectivity index is 2.75. The lowest BCUT2D eigenvalue weighted by Crippen LogP contribution is -2.31. The summed E-state index contributed by atoms with van der Waals surface area (Å²) < 4.78 is 0. The summed E-state index contributed by atoms with van der Waals surface area (Å²) in [6.45, 7) is 0. The van der Waals surface area contributed by atoms with Gasteiger partial charge in [-0.2, -0.15) is 0 Å². The maximum atomic E-state index is 10.4. The molecule has 0 radical (unpaired) electrons. The quantitative estimate of drug-likeness (QED) is 0.485. The van der Waals surface area contributed by atoms with E-state index in [-0.39, 0.29) is 0 Å². The summed E-state index contributed by atoms with van der Waals surface area (Å²) >= 11 is 0. The molecule has 0 aliphatic heterocycles. The van der Waals surface area contributed by atoms with E-state index in [9.17, 15) is 9.59 Å². The Morgan fingerprint density at radius 1 is 1.44 bits per heavy atom. The van der Waals surface area contributed by atoms with E-state index in [1.165, 1.54) is 0 Å². The Labute approximate surface area is 51.7 Å². The molecule has 4 heteroatoms. The third kappa shape index (κ3) is 0.667. The minimum Gasteiger partial charge on any atom is -0.480 e. The average molecular weight is 129 g/mol. The predicted octanol–water partition coefficient (Wildman–Crippen LogP) is -0.664. The number of aliphatic carboxylic acids is 1. The van der Waals surface area contributed by atoms with E-state index in [2.05, 4.69) is 0 Å². The van der Waals surface area contributed by atoms with Crippen LogP contribution in [-0.2, 0) is 9.59 Å². The van der Waals surface area contributed by atoms with Gasteiger partial charge >= 0.3 is 5.97 Å². The molecular formula is C5H7NO3. The van der Waals surface area contributed by atoms with Crippen LogP contribution in [0.25, 0.3) is 0 Å². The van der Waals surface area contributed by atoms with Crippen molar-refractivity contribution < 1.29 is 14.7 Å². The third-order valence-corrected chi connectivity index (χ3v) is 1.63. The van der Waals surface area contributed by atoms with Gasteiger partial charge in [-0.25, -0.2) is 0 Å². The van der Waals surface area contributed by atoms with E-state index >= 15 is 0 Å². The number of carbonyl (C=O) groups is 2. The first-order chi connectivity index (χ1) is 4.09. The minimum atomic E-state index is -1.19. The molecule has 3 N–H and O–H groups in total. The Hall–Kier alpha value is -1.06. The van der Waals surface area contributed by atoms with Gasteiger partial charge in [0.15, 0.2) is 0 Å². The second kappa shape index (κ2) is 1.46. The zero-order chi connectivity index (χ0) is 7.07. The Morgan fingerprint density at radius 3 is 1.89 bits per heavy atom. The molecular weight excluding hydrogens is 122 g/mol. The van der Waals surface area contributed by atoms with E-state index in [0.717, 1.165) is 0 Å². The summed E-state index contributed by atoms with van der Waals surface area (Å²) in [5.74, 6) is -1.80. The second-order valence-electron chi connectivity index (χ2n) is 2.25. The van der Waals surface area contributed by atoms with E-state index in [1.807, 2.05) is 0 Å². The first-order valence-corrected chi connectivity index (χ1v) is 2.63. The summed E-state index contributed by atoms with van der Waals surface area (Å²) in [6, 6.07) is 0. The molecule has 9 heavy (non-hydrogen) atoms. The molecule has 0 atom stereocenters. The van der Waals surface area contributed by atoms with Gasteiger partial charge in [0.25, 0.3) is 0 Å². The minimum absolute atomic E-state index is 0.400. The van der Waals surface area contributed by atoms with Crippen molar-refractivity contribution in [3.8, 4) is 0 Å². The molecule has 0 aromatic rings. The standard InChI is InChI=1S/C5H7NO3/c6-3(7)5(1-2-5)4(8)9/h1-2H2,(H2,6,7)(H,8,9). The fourth-order valence-electron chi connectivity index (χ4n) is 0.691. The van der Waals surface area contributed by atoms with Gasteiger partial charge in [0, 0.05) is 0 Å². The normalized spacial score (nSPS) is 20.9. The summed E-state index contributed by atoms with van der Waals surface area (Å²) in [5.41, 5.74) is 3.62. The maximum Gasteiger partial charge on any atom is 0.319 e. The number of hydrogen-bond acceptors (Lipinski definition) is 2. The maximum absolute atomic E-state index is 10.4. The van der Waals surface area contributed by atoms with Crippen molar-refractivity contribution in [1.82, 2.24) is 0 Å². The molecule has 1 amide bonds. The van der Waals surface area contributed by atoms with Gasteiger partial charge in [-0.3, -0.25) is 9.59 Å². The summed E-state index contributed by atoms with van der Waals surface area (Å²) in [5, 5.41) is 8.37. The van der Waals surface area contributed by atoms with Crippen LogP contribution in [0, 0.1) is 5.41 Å². The highest BCUT2D eigenvalue weighted by molar-refractivity contribution is 6.04. The highest BCUT2D eigenvalue weighted by Crippen LogP contribution is 2.45. The molecule has 0 spiro atoms. The summed E-state index contributed by atoms with van der Waals surface area (Å²) in [6.07, 6.45) is 0.801. The van der Waals surface area contributed by atoms with Crippen LogP contribution >= 0.6 is 0 Å². The number of carbonyl (C=O) groups excluding carboxylic acids is 1. The number of nitrogens with two attached hydrogens (primary N) is 1. The smallest absolute Gasteiger partial charge is 0.319 e. The van der Waals surface area contributed by atoms with Gasteiger partial charge < -0.3 is 10.8 Å². The molecule has 0 bridgehead atoms. The Morgan fingerprint density at radius 2 is 1.89 bits per heavy atom. The van der Waals surface area contributed by atoms with Crippen molar-refractivity contribution in [2.75, 3.05) is 0 Å². The van der Waals surface area contributed by atoms with Crippen LogP contribution in [0.1, 0.15) is 12.8 Å². The van der Waals surface area contributed by atoms with Crippen molar-refractivity contribution in [2.24, 2.45) is 11.1 Å². The van der Waals surface area contributed by atoms with E-state index in [0.29, 0.717) is 12.8 Å². The van der Waals surface area contributed by atoms with Crippen LogP contribution in [0.5, 0.6) is 0 Å². The van der Waals surface area contributed by atoms with Crippen LogP contribution in [-0.4, -0.2) is 17.0 Å². The average Bonchev–Trinajstić information content (AvgIpc) is 2.40. The van der Waals surface area contributed by atoms with E-state index < -0.39 is 17.3 Å². The molecule has 50 valence electrons. The van der Waals surface area contributed by atoms with Crippen LogP contribution in [0.2, 0.25) is 0 Å². The molecule has 1 rings (SSSR count). The lowest BCUT2D eigenvalue weighted by Gasteiger charge is -2.00. The molecule has 0 unspecified atom stereocenters. The van der Waals surface area contributed by atoms with Gasteiger partial charge in [0.2, 0.25) is 5.91 Å². The molecule has 1 fully saturated rings. The largest absolute Gasteiger partial charge is 0.480 e. The Bertz CT molecular complexity index is 155. The van der Waals surface area contributed by atoms with Crippen LogP contribution in [0.3, 0.4) is 0 Å². The van der Waals surface area contributed by atoms with Crippen LogP contribution in [0.15, 0.2) is 0 Å². The van der Waals surface area contributed by atoms with E-state index in [1.54, 1.807) is 0 Å². The number of rotatable bonds is 2. The van der Waals surface area contributed by atoms with Gasteiger partial charge in [-0.15, -0.1) is 0 Å². The first-order valence-electron chi connectivity index (χ1n) is 2.63. The van der Waals surface area contributed by atoms with Crippen molar-refractivity contribution in [3.05, 3.63) is 0 Å². The fourth-order valence-corrected chi connectivity index (χ4v) is 0.691. The van der Waals surface area contributed by atoms with E-state index in [4.69, 9.17) is 10.8 Å². The highest BCUT2D eigenvalue weighted by Gasteiger charge is 2.55. The molecule has 1 aliphatic carbocycles. The lowest BCUT2D eigenvalue weighted by molar-refractivity contribution is -0.147. The molecule has 0 aromatic carbocycles. The zero-order valence-corrected chi connectivity index (χ0v) is 4.76. The first kappa shape index (κ1) is 6.07. The summed E-state index contributed by atoms with van der Waals surface area (Å²) in [4.78, 5) is 20.6. The third-order valence-electron chi connectivity index (χ3n) is 1.63. The number of carboxylic acids is 1. The molecule has 0 saturated heterocycles. The predicted molar refractivity (Wildman–Crippen MR) is 28.5 cm³/mol. The SMILES string of the molecule is NC(=O)C1(C(=O)O)CC1. The van der Waals surface area contributed by atoms with Gasteiger partial charge in [0.1, 0.15) is 5.41 Å². The second-order valence-corrected chi connectivity index (χ2v) is 2.25. The molecule has 0 aromatic heterocycles. The number of hydrogen-bond donors (Lipinski definition) is 2. The monoisotopic (exact) mass is 129 g/mol. The topological polar surface area (TPSA) is 80.4 Å². The molecule has 4 nitrogen and oxygen atoms in total. The fraction of sp³-hybridized carbons (Fsp3) is 0.600. The van der Waals surface area contributed by atoms with Gasteiger partial charge in [-0.05, 0) is 12.8 Å². The number of primary amides is 1. The van der Waals surface area contributed by atoms with Crippen molar-refractivity contribution >= 4 is 11.9 Å². The Kier molecular flexibility index (Phi) is 0.986. The van der Waals surface area contributed by atoms with Gasteiger partial charge in [0.05, 0.1) is 0 Å². The molecule has 1 saturated carbocycles. The molecule has 1 aliphatic rings. The lowest BCUT2D eigenvalue weighted by atomic mass is 10.1. The zero-order valence-electron chi connectivity index (χ0n) is 4.76. The van der Waals surface area contributed by atoms with Crippen molar-refractivity contribution in [1.29, 1.82) is 0 Å². The van der Waals surface area contributed by atoms with Crippen LogP contribution < -0.4 is 5.73 Å². The number of carboxylic acid groups (broad SMARTS) is 1.